The summed E-state index contributed by atoms with van der Waals surface area (Å²) in [6, 6.07) is 22.3. The lowest BCUT2D eigenvalue weighted by molar-refractivity contribution is 0.252. The Morgan fingerprint density at radius 3 is 2.45 bits per heavy atom. The van der Waals surface area contributed by atoms with Crippen molar-refractivity contribution in [3.8, 4) is 17.2 Å². The first kappa shape index (κ1) is 20.1. The topological polar surface area (TPSA) is 105 Å². The summed E-state index contributed by atoms with van der Waals surface area (Å²) in [5.41, 5.74) is 2.92. The van der Waals surface area contributed by atoms with Gasteiger partial charge in [-0.1, -0.05) is 60.7 Å². The molecule has 0 spiro atoms. The molecule has 0 saturated heterocycles. The van der Waals surface area contributed by atoms with Crippen LogP contribution in [0.3, 0.4) is 0 Å². The number of carbonyl (C=O) groups excluding carboxylic acids is 1. The lowest BCUT2D eigenvalue weighted by Gasteiger charge is -2.09. The number of anilines is 1. The number of urea groups is 1. The van der Waals surface area contributed by atoms with E-state index in [9.17, 15) is 9.59 Å². The first-order chi connectivity index (χ1) is 15.1. The summed E-state index contributed by atoms with van der Waals surface area (Å²) >= 11 is 0. The van der Waals surface area contributed by atoms with E-state index in [1.165, 1.54) is 10.7 Å². The number of H-pyrrole nitrogens is 1. The molecule has 4 aromatic rings. The van der Waals surface area contributed by atoms with E-state index in [0.29, 0.717) is 23.8 Å². The van der Waals surface area contributed by atoms with Crippen molar-refractivity contribution in [2.45, 2.75) is 13.3 Å². The van der Waals surface area contributed by atoms with Gasteiger partial charge in [-0.05, 0) is 18.9 Å². The maximum absolute atomic E-state index is 12.5. The van der Waals surface area contributed by atoms with E-state index in [2.05, 4.69) is 25.7 Å². The van der Waals surface area contributed by atoms with Crippen LogP contribution in [0.5, 0.6) is 0 Å². The third kappa shape index (κ3) is 5.05. The van der Waals surface area contributed by atoms with Crippen molar-refractivity contribution in [3.63, 3.8) is 0 Å². The molecular weight excluding hydrogens is 392 g/mol. The van der Waals surface area contributed by atoms with E-state index >= 15 is 0 Å². The average molecular weight is 414 g/mol. The monoisotopic (exact) mass is 414 g/mol. The highest BCUT2D eigenvalue weighted by molar-refractivity contribution is 5.89. The molecule has 0 radical (unpaired) electrons. The number of nitrogens with zero attached hydrogens (tertiary/aromatic N) is 3. The minimum atomic E-state index is -0.369. The third-order valence-electron chi connectivity index (χ3n) is 4.62. The second-order valence-corrected chi connectivity index (χ2v) is 7.02. The summed E-state index contributed by atoms with van der Waals surface area (Å²) in [4.78, 5) is 31.5. The van der Waals surface area contributed by atoms with Crippen molar-refractivity contribution in [2.24, 2.45) is 0 Å². The number of hydrogen-bond acceptors (Lipinski definition) is 4. The molecule has 0 bridgehead atoms. The normalized spacial score (nSPS) is 10.6. The molecular formula is C23H22N6O2. The number of nitrogens with one attached hydrogen (secondary N) is 3. The standard InChI is InChI=1S/C23H22N6O2/c1-16-14-21(30)27-22(25-16)29-20(15-19(28-29)18-10-6-3-7-11-18)26-23(31)24-13-12-17-8-4-2-5-9-17/h2-11,14-15H,12-13H2,1H3,(H2,24,26,31)(H,25,27,30). The number of aromatic nitrogens is 4. The van der Waals surface area contributed by atoms with Crippen LogP contribution in [0.2, 0.25) is 0 Å². The summed E-state index contributed by atoms with van der Waals surface area (Å²) in [6.45, 7) is 2.21. The molecule has 156 valence electrons. The van der Waals surface area contributed by atoms with E-state index in [1.54, 1.807) is 13.0 Å². The van der Waals surface area contributed by atoms with Crippen LogP contribution in [-0.4, -0.2) is 32.3 Å². The predicted molar refractivity (Wildman–Crippen MR) is 119 cm³/mol. The Balaban J connectivity index is 1.57. The van der Waals surface area contributed by atoms with Gasteiger partial charge in [0.25, 0.3) is 5.56 Å². The van der Waals surface area contributed by atoms with Crippen molar-refractivity contribution in [3.05, 3.63) is 94.4 Å². The van der Waals surface area contributed by atoms with Gasteiger partial charge in [-0.3, -0.25) is 15.1 Å². The zero-order valence-corrected chi connectivity index (χ0v) is 17.0. The summed E-state index contributed by atoms with van der Waals surface area (Å²) in [6.07, 6.45) is 0.718. The zero-order chi connectivity index (χ0) is 21.6. The Morgan fingerprint density at radius 2 is 1.74 bits per heavy atom. The highest BCUT2D eigenvalue weighted by atomic mass is 16.2. The van der Waals surface area contributed by atoms with E-state index in [0.717, 1.165) is 17.5 Å². The minimum absolute atomic E-state index is 0.228. The van der Waals surface area contributed by atoms with E-state index in [-0.39, 0.29) is 17.5 Å². The number of benzene rings is 2. The fourth-order valence-corrected chi connectivity index (χ4v) is 3.17. The van der Waals surface area contributed by atoms with Gasteiger partial charge in [0.2, 0.25) is 5.95 Å². The van der Waals surface area contributed by atoms with Crippen LogP contribution >= 0.6 is 0 Å². The van der Waals surface area contributed by atoms with Gasteiger partial charge in [0.05, 0.1) is 5.69 Å². The maximum Gasteiger partial charge on any atom is 0.320 e. The molecule has 4 rings (SSSR count). The van der Waals surface area contributed by atoms with E-state index in [4.69, 9.17) is 0 Å². The third-order valence-corrected chi connectivity index (χ3v) is 4.62. The molecule has 8 heteroatoms. The number of rotatable bonds is 6. The van der Waals surface area contributed by atoms with Crippen LogP contribution < -0.4 is 16.2 Å². The summed E-state index contributed by atoms with van der Waals surface area (Å²) < 4.78 is 1.42. The van der Waals surface area contributed by atoms with Gasteiger partial charge < -0.3 is 5.32 Å². The molecule has 0 aliphatic rings. The lowest BCUT2D eigenvalue weighted by Crippen LogP contribution is -2.31. The van der Waals surface area contributed by atoms with Crippen molar-refractivity contribution in [2.75, 3.05) is 11.9 Å². The fourth-order valence-electron chi connectivity index (χ4n) is 3.17. The summed E-state index contributed by atoms with van der Waals surface area (Å²) in [5, 5.41) is 10.2. The molecule has 2 amide bonds. The predicted octanol–water partition coefficient (Wildman–Crippen LogP) is 3.30. The quantitative estimate of drug-likeness (QED) is 0.450. The number of carbonyl (C=O) groups is 1. The van der Waals surface area contributed by atoms with Gasteiger partial charge in [-0.15, -0.1) is 0 Å². The van der Waals surface area contributed by atoms with Gasteiger partial charge in [0.15, 0.2) is 0 Å². The van der Waals surface area contributed by atoms with Gasteiger partial charge in [-0.2, -0.15) is 9.78 Å². The number of aromatic amines is 1. The second kappa shape index (κ2) is 9.08. The molecule has 31 heavy (non-hydrogen) atoms. The van der Waals surface area contributed by atoms with Crippen LogP contribution in [0.4, 0.5) is 10.6 Å². The molecule has 0 aliphatic heterocycles. The Kier molecular flexibility index (Phi) is 5.89. The second-order valence-electron chi connectivity index (χ2n) is 7.02. The summed E-state index contributed by atoms with van der Waals surface area (Å²) in [7, 11) is 0. The Bertz CT molecular complexity index is 1230. The molecule has 2 aromatic carbocycles. The Labute approximate surface area is 179 Å². The smallest absolute Gasteiger partial charge is 0.320 e. The summed E-state index contributed by atoms with van der Waals surface area (Å²) in [5.74, 6) is 0.622. The number of hydrogen-bond donors (Lipinski definition) is 3. The van der Waals surface area contributed by atoms with Crippen molar-refractivity contribution in [1.82, 2.24) is 25.1 Å². The molecule has 3 N–H and O–H groups in total. The van der Waals surface area contributed by atoms with Crippen LogP contribution in [0.25, 0.3) is 17.2 Å². The fraction of sp³-hybridized carbons (Fsp3) is 0.130. The molecule has 0 aliphatic carbocycles. The maximum atomic E-state index is 12.5. The Hall–Kier alpha value is -4.20. The molecule has 0 unspecified atom stereocenters. The highest BCUT2D eigenvalue weighted by Crippen LogP contribution is 2.23. The first-order valence-corrected chi connectivity index (χ1v) is 9.91. The van der Waals surface area contributed by atoms with Crippen molar-refractivity contribution < 1.29 is 4.79 Å². The van der Waals surface area contributed by atoms with E-state index < -0.39 is 0 Å². The van der Waals surface area contributed by atoms with Gasteiger partial charge in [-0.25, -0.2) is 9.78 Å². The van der Waals surface area contributed by atoms with Gasteiger partial charge >= 0.3 is 6.03 Å². The molecule has 0 atom stereocenters. The molecule has 8 nitrogen and oxygen atoms in total. The van der Waals surface area contributed by atoms with Crippen molar-refractivity contribution >= 4 is 11.8 Å². The molecule has 0 fully saturated rings. The van der Waals surface area contributed by atoms with E-state index in [1.807, 2.05) is 60.7 Å². The van der Waals surface area contributed by atoms with Crippen LogP contribution in [0.1, 0.15) is 11.3 Å². The molecule has 2 heterocycles. The van der Waals surface area contributed by atoms with Gasteiger partial charge in [0.1, 0.15) is 5.82 Å². The van der Waals surface area contributed by atoms with Gasteiger partial charge in [0, 0.05) is 29.9 Å². The minimum Gasteiger partial charge on any atom is -0.337 e. The Morgan fingerprint density at radius 1 is 1.03 bits per heavy atom. The van der Waals surface area contributed by atoms with Crippen LogP contribution in [0.15, 0.2) is 77.6 Å². The lowest BCUT2D eigenvalue weighted by atomic mass is 10.1. The average Bonchev–Trinajstić information content (AvgIpc) is 3.18. The first-order valence-electron chi connectivity index (χ1n) is 9.91. The molecule has 2 aromatic heterocycles. The highest BCUT2D eigenvalue weighted by Gasteiger charge is 2.15. The van der Waals surface area contributed by atoms with Crippen LogP contribution in [0, 0.1) is 6.92 Å². The number of aryl methyl sites for hydroxylation is 1. The number of amides is 2. The SMILES string of the molecule is Cc1cc(=O)[nH]c(-n2nc(-c3ccccc3)cc2NC(=O)NCCc2ccccc2)n1. The van der Waals surface area contributed by atoms with Crippen LogP contribution in [-0.2, 0) is 6.42 Å². The molecule has 0 saturated carbocycles. The van der Waals surface area contributed by atoms with Crippen molar-refractivity contribution in [1.29, 1.82) is 0 Å². The largest absolute Gasteiger partial charge is 0.337 e. The zero-order valence-electron chi connectivity index (χ0n) is 17.0.